The lowest BCUT2D eigenvalue weighted by Gasteiger charge is -2.21. The van der Waals surface area contributed by atoms with E-state index in [1.54, 1.807) is 6.08 Å². The zero-order chi connectivity index (χ0) is 16.1. The molecule has 1 fully saturated rings. The van der Waals surface area contributed by atoms with Gasteiger partial charge in [-0.15, -0.1) is 0 Å². The molecule has 0 saturated carbocycles. The van der Waals surface area contributed by atoms with Gasteiger partial charge in [0.1, 0.15) is 0 Å². The van der Waals surface area contributed by atoms with E-state index >= 15 is 0 Å². The zero-order valence-electron chi connectivity index (χ0n) is 13.0. The molecule has 2 aromatic rings. The molecule has 0 amide bonds. The minimum absolute atomic E-state index is 0.279. The Labute approximate surface area is 140 Å². The van der Waals surface area contributed by atoms with Crippen molar-refractivity contribution in [3.8, 4) is 11.4 Å². The van der Waals surface area contributed by atoms with Crippen molar-refractivity contribution in [1.29, 1.82) is 0 Å². The third-order valence-corrected chi connectivity index (χ3v) is 4.14. The molecule has 0 N–H and O–H groups in total. The van der Waals surface area contributed by atoms with Crippen LogP contribution in [0.3, 0.4) is 0 Å². The Morgan fingerprint density at radius 2 is 2.17 bits per heavy atom. The summed E-state index contributed by atoms with van der Waals surface area (Å²) >= 11 is 6.12. The van der Waals surface area contributed by atoms with Gasteiger partial charge in [-0.2, -0.15) is 4.98 Å². The van der Waals surface area contributed by atoms with Gasteiger partial charge in [-0.25, -0.2) is 0 Å². The number of aromatic nitrogens is 2. The van der Waals surface area contributed by atoms with Crippen LogP contribution in [-0.4, -0.2) is 36.1 Å². The first kappa shape index (κ1) is 16.2. The molecule has 6 heteroatoms. The highest BCUT2D eigenvalue weighted by Gasteiger charge is 2.13. The normalized spacial score (nSPS) is 16.3. The summed E-state index contributed by atoms with van der Waals surface area (Å²) in [5.41, 5.74) is 1.85. The number of ether oxygens (including phenoxy) is 2. The molecule has 3 rings (SSSR count). The van der Waals surface area contributed by atoms with Crippen LogP contribution in [0.15, 0.2) is 28.8 Å². The Morgan fingerprint density at radius 3 is 2.96 bits per heavy atom. The third-order valence-electron chi connectivity index (χ3n) is 3.73. The third kappa shape index (κ3) is 4.41. The van der Waals surface area contributed by atoms with E-state index in [-0.39, 0.29) is 6.10 Å². The number of hydrogen-bond acceptors (Lipinski definition) is 5. The Kier molecular flexibility index (Phi) is 5.43. The second kappa shape index (κ2) is 7.73. The standard InChI is InChI=1S/C17H19ClN2O3/c1-12-4-5-13(11-15(12)18)17-19-16(23-20-17)3-2-8-22-14-6-9-21-10-7-14/h2-5,11,14H,6-10H2,1H3/b3-2+. The van der Waals surface area contributed by atoms with Crippen LogP contribution in [0.5, 0.6) is 0 Å². The molecule has 122 valence electrons. The summed E-state index contributed by atoms with van der Waals surface area (Å²) in [6, 6.07) is 5.70. The number of benzene rings is 1. The van der Waals surface area contributed by atoms with E-state index in [0.717, 1.165) is 37.2 Å². The predicted octanol–water partition coefficient (Wildman–Crippen LogP) is 3.91. The van der Waals surface area contributed by atoms with Crippen LogP contribution in [0.2, 0.25) is 5.02 Å². The summed E-state index contributed by atoms with van der Waals surface area (Å²) in [4.78, 5) is 4.34. The molecular weight excluding hydrogens is 316 g/mol. The highest BCUT2D eigenvalue weighted by molar-refractivity contribution is 6.31. The van der Waals surface area contributed by atoms with Gasteiger partial charge in [0.25, 0.3) is 5.89 Å². The maximum absolute atomic E-state index is 6.12. The molecule has 0 atom stereocenters. The fourth-order valence-corrected chi connectivity index (χ4v) is 2.52. The number of halogens is 1. The van der Waals surface area contributed by atoms with Crippen molar-refractivity contribution in [1.82, 2.24) is 10.1 Å². The van der Waals surface area contributed by atoms with Gasteiger partial charge in [0.05, 0.1) is 12.7 Å². The maximum atomic E-state index is 6.12. The molecule has 23 heavy (non-hydrogen) atoms. The highest BCUT2D eigenvalue weighted by atomic mass is 35.5. The first-order chi connectivity index (χ1) is 11.2. The van der Waals surface area contributed by atoms with Gasteiger partial charge < -0.3 is 14.0 Å². The first-order valence-corrected chi connectivity index (χ1v) is 8.06. The summed E-state index contributed by atoms with van der Waals surface area (Å²) in [6.07, 6.45) is 5.83. The summed E-state index contributed by atoms with van der Waals surface area (Å²) in [5.74, 6) is 0.976. The summed E-state index contributed by atoms with van der Waals surface area (Å²) in [7, 11) is 0. The van der Waals surface area contributed by atoms with Gasteiger partial charge in [0.2, 0.25) is 5.82 Å². The molecule has 5 nitrogen and oxygen atoms in total. The van der Waals surface area contributed by atoms with Crippen molar-refractivity contribution in [3.63, 3.8) is 0 Å². The average Bonchev–Trinajstić information content (AvgIpc) is 3.04. The SMILES string of the molecule is Cc1ccc(-c2noc(/C=C/COC3CCOCC3)n2)cc1Cl. The molecular formula is C17H19ClN2O3. The van der Waals surface area contributed by atoms with Crippen LogP contribution >= 0.6 is 11.6 Å². The van der Waals surface area contributed by atoms with Gasteiger partial charge in [0, 0.05) is 29.9 Å². The van der Waals surface area contributed by atoms with Crippen LogP contribution in [-0.2, 0) is 9.47 Å². The summed E-state index contributed by atoms with van der Waals surface area (Å²) < 4.78 is 16.3. The quantitative estimate of drug-likeness (QED) is 0.829. The smallest absolute Gasteiger partial charge is 0.250 e. The van der Waals surface area contributed by atoms with Gasteiger partial charge in [-0.1, -0.05) is 35.0 Å². The van der Waals surface area contributed by atoms with Crippen molar-refractivity contribution < 1.29 is 14.0 Å². The van der Waals surface area contributed by atoms with E-state index in [2.05, 4.69) is 10.1 Å². The number of hydrogen-bond donors (Lipinski definition) is 0. The molecule has 2 heterocycles. The van der Waals surface area contributed by atoms with Gasteiger partial charge in [0.15, 0.2) is 0 Å². The number of aryl methyl sites for hydroxylation is 1. The lowest BCUT2D eigenvalue weighted by molar-refractivity contribution is -0.0221. The lowest BCUT2D eigenvalue weighted by atomic mass is 10.1. The Hall–Kier alpha value is -1.69. The van der Waals surface area contributed by atoms with Crippen molar-refractivity contribution in [2.45, 2.75) is 25.9 Å². The van der Waals surface area contributed by atoms with E-state index in [9.17, 15) is 0 Å². The molecule has 0 radical (unpaired) electrons. The molecule has 1 aromatic carbocycles. The van der Waals surface area contributed by atoms with Crippen LogP contribution in [0.25, 0.3) is 17.5 Å². The summed E-state index contributed by atoms with van der Waals surface area (Å²) in [6.45, 7) is 4.04. The minimum Gasteiger partial charge on any atom is -0.381 e. The highest BCUT2D eigenvalue weighted by Crippen LogP contribution is 2.23. The topological polar surface area (TPSA) is 57.4 Å². The summed E-state index contributed by atoms with van der Waals surface area (Å²) in [5, 5.41) is 4.66. The largest absolute Gasteiger partial charge is 0.381 e. The van der Waals surface area contributed by atoms with Crippen LogP contribution in [0, 0.1) is 6.92 Å². The number of rotatable bonds is 5. The second-order valence-corrected chi connectivity index (χ2v) is 5.87. The average molecular weight is 335 g/mol. The fourth-order valence-electron chi connectivity index (χ4n) is 2.34. The Balaban J connectivity index is 1.56. The lowest BCUT2D eigenvalue weighted by Crippen LogP contribution is -2.23. The van der Waals surface area contributed by atoms with Crippen LogP contribution in [0.1, 0.15) is 24.3 Å². The molecule has 0 unspecified atom stereocenters. The molecule has 0 bridgehead atoms. The molecule has 1 aliphatic heterocycles. The minimum atomic E-state index is 0.279. The molecule has 0 spiro atoms. The van der Waals surface area contributed by atoms with Crippen LogP contribution in [0.4, 0.5) is 0 Å². The van der Waals surface area contributed by atoms with E-state index < -0.39 is 0 Å². The zero-order valence-corrected chi connectivity index (χ0v) is 13.8. The van der Waals surface area contributed by atoms with Gasteiger partial charge in [-0.05, 0) is 31.4 Å². The Morgan fingerprint density at radius 1 is 1.35 bits per heavy atom. The molecule has 1 aliphatic rings. The van der Waals surface area contributed by atoms with Crippen molar-refractivity contribution in [3.05, 3.63) is 40.8 Å². The van der Waals surface area contributed by atoms with E-state index in [1.807, 2.05) is 31.2 Å². The van der Waals surface area contributed by atoms with Crippen molar-refractivity contribution in [2.24, 2.45) is 0 Å². The van der Waals surface area contributed by atoms with Crippen molar-refractivity contribution in [2.75, 3.05) is 19.8 Å². The monoisotopic (exact) mass is 334 g/mol. The van der Waals surface area contributed by atoms with Crippen molar-refractivity contribution >= 4 is 17.7 Å². The molecule has 1 saturated heterocycles. The second-order valence-electron chi connectivity index (χ2n) is 5.47. The van der Waals surface area contributed by atoms with Gasteiger partial charge >= 0.3 is 0 Å². The maximum Gasteiger partial charge on any atom is 0.250 e. The van der Waals surface area contributed by atoms with Gasteiger partial charge in [-0.3, -0.25) is 0 Å². The molecule has 1 aromatic heterocycles. The van der Waals surface area contributed by atoms with E-state index in [0.29, 0.717) is 23.3 Å². The molecule has 0 aliphatic carbocycles. The van der Waals surface area contributed by atoms with Crippen LogP contribution < -0.4 is 0 Å². The fraction of sp³-hybridized carbons (Fsp3) is 0.412. The predicted molar refractivity (Wildman–Crippen MR) is 88.3 cm³/mol. The Bertz CT molecular complexity index is 678. The van der Waals surface area contributed by atoms with E-state index in [1.165, 1.54) is 0 Å². The number of nitrogens with zero attached hydrogens (tertiary/aromatic N) is 2. The van der Waals surface area contributed by atoms with E-state index in [4.69, 9.17) is 25.6 Å². The first-order valence-electron chi connectivity index (χ1n) is 7.68.